The first-order valence-electron chi connectivity index (χ1n) is 11.4. The minimum Gasteiger partial charge on any atom is -0.345 e. The number of aryl methyl sites for hydroxylation is 1. The molecule has 9 heteroatoms. The van der Waals surface area contributed by atoms with E-state index in [0.29, 0.717) is 0 Å². The summed E-state index contributed by atoms with van der Waals surface area (Å²) in [6, 6.07) is 17.3. The Hall–Kier alpha value is -3.59. The third-order valence-electron chi connectivity index (χ3n) is 6.12. The van der Waals surface area contributed by atoms with Gasteiger partial charge in [-0.15, -0.1) is 6.58 Å². The molecule has 5 nitrogen and oxygen atoms in total. The smallest absolute Gasteiger partial charge is 0.345 e. The monoisotopic (exact) mass is 514 g/mol. The zero-order valence-corrected chi connectivity index (χ0v) is 20.1. The zero-order valence-electron chi connectivity index (χ0n) is 19.3. The molecule has 0 unspecified atom stereocenters. The third-order valence-corrected chi connectivity index (χ3v) is 7.91. The van der Waals surface area contributed by atoms with E-state index in [1.54, 1.807) is 0 Å². The van der Waals surface area contributed by atoms with Crippen LogP contribution in [-0.4, -0.2) is 20.9 Å². The topological polar surface area (TPSA) is 66.5 Å². The lowest BCUT2D eigenvalue weighted by molar-refractivity contribution is -0.137. The summed E-state index contributed by atoms with van der Waals surface area (Å²) < 4.78 is 67.5. The van der Waals surface area contributed by atoms with Crippen molar-refractivity contribution in [2.75, 3.05) is 10.8 Å². The molecule has 4 rings (SSSR count). The van der Waals surface area contributed by atoms with Crippen LogP contribution in [0, 0.1) is 0 Å². The fourth-order valence-corrected chi connectivity index (χ4v) is 5.84. The van der Waals surface area contributed by atoms with Crippen molar-refractivity contribution in [3.8, 4) is 0 Å². The van der Waals surface area contributed by atoms with Crippen LogP contribution in [0.15, 0.2) is 90.3 Å². The molecule has 1 N–H and O–H groups in total. The standard InChI is InChI=1S/C27H25F3N2O3S/c1-2-16-32(22-12-7-11-21(18-22)27(28,29)30)36(34,35)23-13-5-10-20(17-23)26(33)31-25-15-6-9-19-8-3-4-14-24(19)25/h2-5,7-8,10-14,17-18,25H,1,6,9,15-16H2,(H,31,33)/t25-/m1/s1. The van der Waals surface area contributed by atoms with Gasteiger partial charge in [0.1, 0.15) is 0 Å². The molecule has 0 aromatic heterocycles. The van der Waals surface area contributed by atoms with Crippen LogP contribution < -0.4 is 9.62 Å². The summed E-state index contributed by atoms with van der Waals surface area (Å²) in [5.74, 6) is -0.428. The number of nitrogens with zero attached hydrogens (tertiary/aromatic N) is 1. The van der Waals surface area contributed by atoms with Crippen LogP contribution in [0.2, 0.25) is 0 Å². The average molecular weight is 515 g/mol. The van der Waals surface area contributed by atoms with Gasteiger partial charge in [0.25, 0.3) is 15.9 Å². The second kappa shape index (κ2) is 10.2. The summed E-state index contributed by atoms with van der Waals surface area (Å²) in [7, 11) is -4.30. The number of anilines is 1. The molecule has 188 valence electrons. The van der Waals surface area contributed by atoms with Crippen LogP contribution in [0.4, 0.5) is 18.9 Å². The predicted molar refractivity (Wildman–Crippen MR) is 132 cm³/mol. The van der Waals surface area contributed by atoms with Crippen LogP contribution in [0.3, 0.4) is 0 Å². The molecular formula is C27H25F3N2O3S. The number of alkyl halides is 3. The van der Waals surface area contributed by atoms with Crippen molar-refractivity contribution in [3.05, 3.63) is 108 Å². The fourth-order valence-electron chi connectivity index (χ4n) is 4.37. The Bertz CT molecular complexity index is 1390. The first-order valence-corrected chi connectivity index (χ1v) is 12.8. The predicted octanol–water partition coefficient (Wildman–Crippen LogP) is 5.89. The van der Waals surface area contributed by atoms with E-state index in [2.05, 4.69) is 11.9 Å². The lowest BCUT2D eigenvalue weighted by atomic mass is 9.87. The van der Waals surface area contributed by atoms with Crippen LogP contribution in [0.25, 0.3) is 0 Å². The Morgan fingerprint density at radius 1 is 1.06 bits per heavy atom. The van der Waals surface area contributed by atoms with E-state index in [-0.39, 0.29) is 28.7 Å². The Kier molecular flexibility index (Phi) is 7.21. The second-order valence-electron chi connectivity index (χ2n) is 8.52. The summed E-state index contributed by atoms with van der Waals surface area (Å²) in [6.07, 6.45) is -0.720. The van der Waals surface area contributed by atoms with Gasteiger partial charge in [-0.1, -0.05) is 42.5 Å². The van der Waals surface area contributed by atoms with Crippen LogP contribution in [0.5, 0.6) is 0 Å². The van der Waals surface area contributed by atoms with Crippen LogP contribution in [0.1, 0.15) is 45.9 Å². The van der Waals surface area contributed by atoms with Crippen molar-refractivity contribution in [1.82, 2.24) is 5.32 Å². The Morgan fingerprint density at radius 2 is 1.81 bits per heavy atom. The molecule has 0 saturated carbocycles. The van der Waals surface area contributed by atoms with Gasteiger partial charge in [0, 0.05) is 5.56 Å². The van der Waals surface area contributed by atoms with Gasteiger partial charge < -0.3 is 5.32 Å². The van der Waals surface area contributed by atoms with Crippen molar-refractivity contribution >= 4 is 21.6 Å². The van der Waals surface area contributed by atoms with Gasteiger partial charge in [0.2, 0.25) is 0 Å². The quantitative estimate of drug-likeness (QED) is 0.400. The summed E-state index contributed by atoms with van der Waals surface area (Å²) in [5, 5.41) is 2.99. The second-order valence-corrected chi connectivity index (χ2v) is 10.4. The number of hydrogen-bond acceptors (Lipinski definition) is 3. The molecule has 0 spiro atoms. The highest BCUT2D eigenvalue weighted by Crippen LogP contribution is 2.34. The highest BCUT2D eigenvalue weighted by molar-refractivity contribution is 7.92. The number of rotatable bonds is 7. The Labute approximate surface area is 208 Å². The normalized spacial score (nSPS) is 15.6. The van der Waals surface area contributed by atoms with Gasteiger partial charge in [-0.3, -0.25) is 9.10 Å². The molecule has 1 aliphatic rings. The number of sulfonamides is 1. The summed E-state index contributed by atoms with van der Waals surface area (Å²) in [4.78, 5) is 12.9. The number of hydrogen-bond donors (Lipinski definition) is 1. The number of amides is 1. The third kappa shape index (κ3) is 5.31. The van der Waals surface area contributed by atoms with Gasteiger partial charge in [-0.05, 0) is 66.8 Å². The van der Waals surface area contributed by atoms with Crippen LogP contribution >= 0.6 is 0 Å². The molecule has 0 bridgehead atoms. The molecular weight excluding hydrogens is 489 g/mol. The molecule has 1 amide bonds. The largest absolute Gasteiger partial charge is 0.416 e. The van der Waals surface area contributed by atoms with Crippen molar-refractivity contribution in [3.63, 3.8) is 0 Å². The molecule has 3 aromatic carbocycles. The Balaban J connectivity index is 1.63. The highest BCUT2D eigenvalue weighted by atomic mass is 32.2. The van der Waals surface area contributed by atoms with Crippen molar-refractivity contribution in [2.45, 2.75) is 36.4 Å². The van der Waals surface area contributed by atoms with E-state index < -0.39 is 27.7 Å². The van der Waals surface area contributed by atoms with E-state index in [9.17, 15) is 26.4 Å². The molecule has 0 radical (unpaired) electrons. The lowest BCUT2D eigenvalue weighted by Gasteiger charge is -2.26. The SMILES string of the molecule is C=CCN(c1cccc(C(F)(F)F)c1)S(=O)(=O)c1cccc(C(=O)N[C@@H]2CCCc3ccccc32)c1. The fraction of sp³-hybridized carbons (Fsp3) is 0.222. The summed E-state index contributed by atoms with van der Waals surface area (Å²) in [5.41, 5.74) is 1.24. The molecule has 0 saturated heterocycles. The van der Waals surface area contributed by atoms with Crippen molar-refractivity contribution in [2.24, 2.45) is 0 Å². The van der Waals surface area contributed by atoms with E-state index >= 15 is 0 Å². The van der Waals surface area contributed by atoms with E-state index in [1.807, 2.05) is 24.3 Å². The van der Waals surface area contributed by atoms with Gasteiger partial charge in [-0.2, -0.15) is 13.2 Å². The van der Waals surface area contributed by atoms with E-state index in [0.717, 1.165) is 47.3 Å². The molecule has 1 atom stereocenters. The van der Waals surface area contributed by atoms with Crippen LogP contribution in [-0.2, 0) is 22.6 Å². The number of carbonyl (C=O) groups excluding carboxylic acids is 1. The number of carbonyl (C=O) groups is 1. The van der Waals surface area contributed by atoms with E-state index in [1.165, 1.54) is 42.0 Å². The number of halogens is 3. The van der Waals surface area contributed by atoms with E-state index in [4.69, 9.17) is 0 Å². The van der Waals surface area contributed by atoms with Crippen molar-refractivity contribution in [1.29, 1.82) is 0 Å². The molecule has 36 heavy (non-hydrogen) atoms. The van der Waals surface area contributed by atoms with Gasteiger partial charge in [-0.25, -0.2) is 8.42 Å². The number of fused-ring (bicyclic) bond motifs is 1. The number of benzene rings is 3. The highest BCUT2D eigenvalue weighted by Gasteiger charge is 2.32. The maximum absolute atomic E-state index is 13.5. The minimum atomic E-state index is -4.63. The maximum atomic E-state index is 13.5. The maximum Gasteiger partial charge on any atom is 0.416 e. The molecule has 0 aliphatic heterocycles. The zero-order chi connectivity index (χ0) is 25.9. The number of nitrogens with one attached hydrogen (secondary N) is 1. The molecule has 0 fully saturated rings. The lowest BCUT2D eigenvalue weighted by Crippen LogP contribution is -2.33. The summed E-state index contributed by atoms with van der Waals surface area (Å²) >= 11 is 0. The molecule has 1 aliphatic carbocycles. The first kappa shape index (κ1) is 25.5. The molecule has 0 heterocycles. The van der Waals surface area contributed by atoms with Crippen molar-refractivity contribution < 1.29 is 26.4 Å². The van der Waals surface area contributed by atoms with Gasteiger partial charge in [0.05, 0.1) is 28.7 Å². The minimum absolute atomic E-state index is 0.140. The first-order chi connectivity index (χ1) is 17.1. The van der Waals surface area contributed by atoms with Gasteiger partial charge >= 0.3 is 6.18 Å². The van der Waals surface area contributed by atoms with Gasteiger partial charge in [0.15, 0.2) is 0 Å². The average Bonchev–Trinajstić information content (AvgIpc) is 2.87. The summed E-state index contributed by atoms with van der Waals surface area (Å²) in [6.45, 7) is 3.29. The molecule has 3 aromatic rings. The Morgan fingerprint density at radius 3 is 2.56 bits per heavy atom.